The first-order valence-corrected chi connectivity index (χ1v) is 11.5. The number of esters is 1. The molecule has 3 rings (SSSR count). The van der Waals surface area contributed by atoms with Gasteiger partial charge in [0.2, 0.25) is 11.5 Å². The van der Waals surface area contributed by atoms with Crippen molar-refractivity contribution in [1.29, 1.82) is 0 Å². The van der Waals surface area contributed by atoms with Gasteiger partial charge in [0.1, 0.15) is 11.2 Å². The third-order valence-corrected chi connectivity index (χ3v) is 5.30. The molecule has 0 atom stereocenters. The van der Waals surface area contributed by atoms with Gasteiger partial charge in [-0.25, -0.2) is 14.6 Å². The standard InChI is InChI=1S/C23H34ClN3O5/c1-21(2,3)31-19(28)23(9-10-23)30-18-17(13-15(24)14-25-18)26-16-7-11-27(12-8-16)20(29)32-22(4,5)6/h13-14,16,26H,7-12H2,1-6H3. The Morgan fingerprint density at radius 2 is 1.69 bits per heavy atom. The predicted octanol–water partition coefficient (Wildman–Crippen LogP) is 4.80. The molecule has 1 amide bonds. The van der Waals surface area contributed by atoms with Gasteiger partial charge in [0.15, 0.2) is 0 Å². The minimum Gasteiger partial charge on any atom is -0.458 e. The third kappa shape index (κ3) is 6.64. The number of piperidine rings is 1. The zero-order valence-corrected chi connectivity index (χ0v) is 20.5. The van der Waals surface area contributed by atoms with Gasteiger partial charge in [0, 0.05) is 38.2 Å². The summed E-state index contributed by atoms with van der Waals surface area (Å²) in [5.74, 6) is -0.0503. The highest BCUT2D eigenvalue weighted by Gasteiger charge is 2.56. The molecule has 32 heavy (non-hydrogen) atoms. The van der Waals surface area contributed by atoms with Gasteiger partial charge >= 0.3 is 12.1 Å². The summed E-state index contributed by atoms with van der Waals surface area (Å²) in [6.07, 6.45) is 3.85. The number of aromatic nitrogens is 1. The average molecular weight is 468 g/mol. The molecule has 2 aliphatic rings. The lowest BCUT2D eigenvalue weighted by molar-refractivity contribution is -0.165. The zero-order chi connectivity index (χ0) is 23.7. The summed E-state index contributed by atoms with van der Waals surface area (Å²) in [5.41, 5.74) is -1.47. The summed E-state index contributed by atoms with van der Waals surface area (Å²) in [4.78, 5) is 31.0. The van der Waals surface area contributed by atoms with Gasteiger partial charge in [-0.2, -0.15) is 0 Å². The second-order valence-corrected chi connectivity index (χ2v) is 10.9. The number of hydrogen-bond donors (Lipinski definition) is 1. The van der Waals surface area contributed by atoms with Crippen LogP contribution in [0, 0.1) is 0 Å². The van der Waals surface area contributed by atoms with Gasteiger partial charge in [-0.3, -0.25) is 0 Å². The largest absolute Gasteiger partial charge is 0.458 e. The number of ether oxygens (including phenoxy) is 3. The van der Waals surface area contributed by atoms with E-state index in [9.17, 15) is 9.59 Å². The van der Waals surface area contributed by atoms with Crippen LogP contribution in [0.4, 0.5) is 10.5 Å². The maximum atomic E-state index is 12.6. The molecule has 1 aromatic rings. The quantitative estimate of drug-likeness (QED) is 0.622. The summed E-state index contributed by atoms with van der Waals surface area (Å²) in [6.45, 7) is 12.2. The number of hydrogen-bond acceptors (Lipinski definition) is 7. The van der Waals surface area contributed by atoms with Crippen molar-refractivity contribution in [2.75, 3.05) is 18.4 Å². The van der Waals surface area contributed by atoms with Crippen LogP contribution in [0.3, 0.4) is 0 Å². The first-order chi connectivity index (χ1) is 14.8. The van der Waals surface area contributed by atoms with Crippen LogP contribution in [0.1, 0.15) is 67.2 Å². The Kier molecular flexibility index (Phi) is 6.84. The number of likely N-dealkylation sites (tertiary alicyclic amines) is 1. The van der Waals surface area contributed by atoms with Crippen molar-refractivity contribution in [1.82, 2.24) is 9.88 Å². The van der Waals surface area contributed by atoms with E-state index < -0.39 is 16.8 Å². The predicted molar refractivity (Wildman–Crippen MR) is 122 cm³/mol. The van der Waals surface area contributed by atoms with E-state index in [1.807, 2.05) is 41.5 Å². The third-order valence-electron chi connectivity index (χ3n) is 5.09. The molecule has 1 N–H and O–H groups in total. The second kappa shape index (κ2) is 8.96. The van der Waals surface area contributed by atoms with Gasteiger partial charge in [-0.05, 0) is 60.5 Å². The molecular weight excluding hydrogens is 434 g/mol. The Morgan fingerprint density at radius 1 is 1.09 bits per heavy atom. The number of anilines is 1. The number of rotatable bonds is 5. The van der Waals surface area contributed by atoms with Crippen LogP contribution in [0.5, 0.6) is 5.88 Å². The van der Waals surface area contributed by atoms with E-state index >= 15 is 0 Å². The second-order valence-electron chi connectivity index (χ2n) is 10.5. The normalized spacial score (nSPS) is 18.7. The number of carbonyl (C=O) groups excluding carboxylic acids is 2. The number of halogens is 1. The Balaban J connectivity index is 1.63. The van der Waals surface area contributed by atoms with Crippen molar-refractivity contribution in [3.05, 3.63) is 17.3 Å². The summed E-state index contributed by atoms with van der Waals surface area (Å²) in [6, 6.07) is 1.85. The summed E-state index contributed by atoms with van der Waals surface area (Å²) in [5, 5.41) is 3.90. The number of pyridine rings is 1. The van der Waals surface area contributed by atoms with Crippen molar-refractivity contribution in [3.63, 3.8) is 0 Å². The molecule has 9 heteroatoms. The summed E-state index contributed by atoms with van der Waals surface area (Å²) in [7, 11) is 0. The maximum Gasteiger partial charge on any atom is 0.410 e. The lowest BCUT2D eigenvalue weighted by Gasteiger charge is -2.34. The van der Waals surface area contributed by atoms with Crippen LogP contribution in [0.25, 0.3) is 0 Å². The molecule has 8 nitrogen and oxygen atoms in total. The minimum absolute atomic E-state index is 0.105. The van der Waals surface area contributed by atoms with Gasteiger partial charge in [-0.15, -0.1) is 0 Å². The molecule has 0 bridgehead atoms. The van der Waals surface area contributed by atoms with Gasteiger partial charge < -0.3 is 24.4 Å². The highest BCUT2D eigenvalue weighted by Crippen LogP contribution is 2.44. The molecule has 2 fully saturated rings. The maximum absolute atomic E-state index is 12.6. The molecule has 0 unspecified atom stereocenters. The van der Waals surface area contributed by atoms with Crippen LogP contribution >= 0.6 is 11.6 Å². The van der Waals surface area contributed by atoms with Crippen LogP contribution in [0.2, 0.25) is 5.02 Å². The highest BCUT2D eigenvalue weighted by molar-refractivity contribution is 6.30. The van der Waals surface area contributed by atoms with E-state index in [-0.39, 0.29) is 18.1 Å². The molecule has 1 aromatic heterocycles. The fourth-order valence-electron chi connectivity index (χ4n) is 3.38. The number of nitrogens with one attached hydrogen (secondary N) is 1. The molecular formula is C23H34ClN3O5. The van der Waals surface area contributed by atoms with Gasteiger partial charge in [0.25, 0.3) is 0 Å². The Hall–Kier alpha value is -2.22. The monoisotopic (exact) mass is 467 g/mol. The zero-order valence-electron chi connectivity index (χ0n) is 19.8. The van der Waals surface area contributed by atoms with E-state index in [1.165, 1.54) is 6.20 Å². The molecule has 1 saturated heterocycles. The van der Waals surface area contributed by atoms with Crippen molar-refractivity contribution in [2.24, 2.45) is 0 Å². The fraction of sp³-hybridized carbons (Fsp3) is 0.696. The Labute approximate surface area is 194 Å². The highest BCUT2D eigenvalue weighted by atomic mass is 35.5. The number of amides is 1. The van der Waals surface area contributed by atoms with Crippen LogP contribution in [-0.4, -0.2) is 57.9 Å². The fourth-order valence-corrected chi connectivity index (χ4v) is 3.54. The van der Waals surface area contributed by atoms with Crippen molar-refractivity contribution in [3.8, 4) is 5.88 Å². The molecule has 1 saturated carbocycles. The van der Waals surface area contributed by atoms with Crippen LogP contribution < -0.4 is 10.1 Å². The number of carbonyl (C=O) groups is 2. The van der Waals surface area contributed by atoms with Crippen LogP contribution in [-0.2, 0) is 14.3 Å². The minimum atomic E-state index is -0.995. The smallest absolute Gasteiger partial charge is 0.410 e. The lowest BCUT2D eigenvalue weighted by Crippen LogP contribution is -2.44. The van der Waals surface area contributed by atoms with E-state index in [0.717, 1.165) is 12.8 Å². The van der Waals surface area contributed by atoms with E-state index in [4.69, 9.17) is 25.8 Å². The average Bonchev–Trinajstić information content (AvgIpc) is 3.43. The molecule has 2 heterocycles. The molecule has 1 aliphatic carbocycles. The van der Waals surface area contributed by atoms with E-state index in [1.54, 1.807) is 11.0 Å². The molecule has 0 aromatic carbocycles. The molecule has 1 aliphatic heterocycles. The molecule has 0 radical (unpaired) electrons. The van der Waals surface area contributed by atoms with Crippen LogP contribution in [0.15, 0.2) is 12.3 Å². The van der Waals surface area contributed by atoms with Gasteiger partial charge in [-0.1, -0.05) is 11.6 Å². The van der Waals surface area contributed by atoms with E-state index in [0.29, 0.717) is 42.5 Å². The summed E-state index contributed by atoms with van der Waals surface area (Å²) >= 11 is 6.18. The first-order valence-electron chi connectivity index (χ1n) is 11.1. The van der Waals surface area contributed by atoms with E-state index in [2.05, 4.69) is 10.3 Å². The Morgan fingerprint density at radius 3 is 2.22 bits per heavy atom. The summed E-state index contributed by atoms with van der Waals surface area (Å²) < 4.78 is 17.1. The SMILES string of the molecule is CC(C)(C)OC(=O)N1CCC(Nc2cc(Cl)cnc2OC2(C(=O)OC(C)(C)C)CC2)CC1. The van der Waals surface area contributed by atoms with Crippen molar-refractivity contribution >= 4 is 29.4 Å². The first kappa shape index (κ1) is 24.4. The van der Waals surface area contributed by atoms with Crippen molar-refractivity contribution in [2.45, 2.75) is 90.1 Å². The van der Waals surface area contributed by atoms with Gasteiger partial charge in [0.05, 0.1) is 10.7 Å². The molecule has 178 valence electrons. The Bertz CT molecular complexity index is 850. The topological polar surface area (TPSA) is 90.0 Å². The van der Waals surface area contributed by atoms with Crippen molar-refractivity contribution < 1.29 is 23.8 Å². The lowest BCUT2D eigenvalue weighted by atomic mass is 10.1. The number of nitrogens with zero attached hydrogens (tertiary/aromatic N) is 2. The molecule has 0 spiro atoms.